The number of fused-ring (bicyclic) bond motifs is 1. The number of phenols is 1. The first-order valence-corrected chi connectivity index (χ1v) is 9.58. The van der Waals surface area contributed by atoms with E-state index in [0.717, 1.165) is 22.0 Å². The number of nitrogens with zero attached hydrogens (tertiary/aromatic N) is 1. The van der Waals surface area contributed by atoms with Crippen LogP contribution < -0.4 is 10.5 Å². The van der Waals surface area contributed by atoms with E-state index in [9.17, 15) is 15.0 Å². The number of carbonyl (C=O) groups is 1. The molecule has 4 rings (SSSR count). The molecule has 156 valence electrons. The van der Waals surface area contributed by atoms with Crippen LogP contribution in [0.3, 0.4) is 0 Å². The lowest BCUT2D eigenvalue weighted by Gasteiger charge is -2.04. The molecule has 1 aromatic heterocycles. The zero-order valence-corrected chi connectivity index (χ0v) is 16.8. The zero-order valence-electron chi connectivity index (χ0n) is 16.8. The second-order valence-corrected chi connectivity index (χ2v) is 7.12. The van der Waals surface area contributed by atoms with Gasteiger partial charge in [-0.05, 0) is 53.9 Å². The standard InChI is InChI=1S/C24H21N3O4/c1-31-22-9-7-17(12-21(22)28)26-13-19-18-11-15(4-8-20(18)27-24(19)30)10-14-2-5-16(6-3-14)23(25)29/h2-9,11-13,27-28,30H,10H2,1H3,(H2,25,29). The Balaban J connectivity index is 1.63. The number of benzene rings is 3. The summed E-state index contributed by atoms with van der Waals surface area (Å²) in [5.74, 6) is -0.0864. The number of rotatable bonds is 6. The largest absolute Gasteiger partial charge is 0.504 e. The van der Waals surface area contributed by atoms with Gasteiger partial charge in [-0.1, -0.05) is 18.2 Å². The molecule has 5 N–H and O–H groups in total. The second kappa shape index (κ2) is 8.23. The number of hydrogen-bond donors (Lipinski definition) is 4. The van der Waals surface area contributed by atoms with Gasteiger partial charge >= 0.3 is 0 Å². The molecule has 0 saturated carbocycles. The number of nitrogens with one attached hydrogen (secondary N) is 1. The molecule has 1 amide bonds. The SMILES string of the molecule is COc1ccc(N=Cc2c(O)[nH]c3ccc(Cc4ccc(C(N)=O)cc4)cc23)cc1O. The Morgan fingerprint density at radius 2 is 1.81 bits per heavy atom. The lowest BCUT2D eigenvalue weighted by atomic mass is 10.0. The third-order valence-electron chi connectivity index (χ3n) is 5.03. The van der Waals surface area contributed by atoms with Crippen LogP contribution in [0.25, 0.3) is 10.9 Å². The molecular weight excluding hydrogens is 394 g/mol. The number of carbonyl (C=O) groups excluding carboxylic acids is 1. The molecule has 0 aliphatic carbocycles. The van der Waals surface area contributed by atoms with E-state index in [1.54, 1.807) is 30.5 Å². The van der Waals surface area contributed by atoms with Gasteiger partial charge in [0.15, 0.2) is 17.4 Å². The summed E-state index contributed by atoms with van der Waals surface area (Å²) in [5, 5.41) is 21.1. The predicted octanol–water partition coefficient (Wildman–Crippen LogP) is 4.03. The van der Waals surface area contributed by atoms with Crippen molar-refractivity contribution in [3.63, 3.8) is 0 Å². The van der Waals surface area contributed by atoms with Crippen LogP contribution in [0.5, 0.6) is 17.4 Å². The minimum Gasteiger partial charge on any atom is -0.504 e. The van der Waals surface area contributed by atoms with E-state index >= 15 is 0 Å². The number of aromatic nitrogens is 1. The van der Waals surface area contributed by atoms with Gasteiger partial charge in [0, 0.05) is 28.7 Å². The smallest absolute Gasteiger partial charge is 0.248 e. The molecule has 4 aromatic rings. The number of amides is 1. The Hall–Kier alpha value is -4.26. The van der Waals surface area contributed by atoms with Crippen molar-refractivity contribution in [1.82, 2.24) is 4.98 Å². The summed E-state index contributed by atoms with van der Waals surface area (Å²) in [6, 6.07) is 17.8. The zero-order chi connectivity index (χ0) is 22.0. The highest BCUT2D eigenvalue weighted by molar-refractivity contribution is 6.03. The number of aliphatic imine (C=N–C) groups is 1. The van der Waals surface area contributed by atoms with Crippen molar-refractivity contribution in [2.75, 3.05) is 7.11 Å². The Kier molecular flexibility index (Phi) is 5.32. The summed E-state index contributed by atoms with van der Waals surface area (Å²) in [6.07, 6.45) is 2.21. The molecule has 0 fully saturated rings. The lowest BCUT2D eigenvalue weighted by molar-refractivity contribution is 0.100. The van der Waals surface area contributed by atoms with Gasteiger partial charge in [-0.2, -0.15) is 0 Å². The summed E-state index contributed by atoms with van der Waals surface area (Å²) < 4.78 is 5.04. The number of ether oxygens (including phenoxy) is 1. The fourth-order valence-corrected chi connectivity index (χ4v) is 3.41. The molecule has 3 aromatic carbocycles. The molecule has 0 spiro atoms. The number of aromatic amines is 1. The van der Waals surface area contributed by atoms with Crippen LogP contribution >= 0.6 is 0 Å². The lowest BCUT2D eigenvalue weighted by Crippen LogP contribution is -2.10. The highest BCUT2D eigenvalue weighted by Crippen LogP contribution is 2.31. The van der Waals surface area contributed by atoms with Gasteiger partial charge in [0.25, 0.3) is 0 Å². The van der Waals surface area contributed by atoms with E-state index in [0.29, 0.717) is 29.0 Å². The molecule has 7 heteroatoms. The van der Waals surface area contributed by atoms with Gasteiger partial charge < -0.3 is 25.7 Å². The summed E-state index contributed by atoms with van der Waals surface area (Å²) in [6.45, 7) is 0. The molecule has 0 bridgehead atoms. The Morgan fingerprint density at radius 1 is 1.06 bits per heavy atom. The molecule has 0 aliphatic heterocycles. The first-order chi connectivity index (χ1) is 14.9. The first-order valence-electron chi connectivity index (χ1n) is 9.58. The summed E-state index contributed by atoms with van der Waals surface area (Å²) in [5.41, 5.74) is 9.69. The Bertz CT molecular complexity index is 1290. The van der Waals surface area contributed by atoms with Gasteiger partial charge in [-0.25, -0.2) is 0 Å². The van der Waals surface area contributed by atoms with Crippen molar-refractivity contribution in [3.8, 4) is 17.4 Å². The van der Waals surface area contributed by atoms with Crippen molar-refractivity contribution in [2.24, 2.45) is 10.7 Å². The third kappa shape index (κ3) is 4.20. The molecule has 7 nitrogen and oxygen atoms in total. The van der Waals surface area contributed by atoms with Crippen LogP contribution in [0.2, 0.25) is 0 Å². The fourth-order valence-electron chi connectivity index (χ4n) is 3.41. The third-order valence-corrected chi connectivity index (χ3v) is 5.03. The Morgan fingerprint density at radius 3 is 2.48 bits per heavy atom. The molecule has 0 aliphatic rings. The van der Waals surface area contributed by atoms with E-state index in [-0.39, 0.29) is 11.6 Å². The second-order valence-electron chi connectivity index (χ2n) is 7.12. The van der Waals surface area contributed by atoms with Crippen LogP contribution in [-0.2, 0) is 6.42 Å². The summed E-state index contributed by atoms with van der Waals surface area (Å²) in [7, 11) is 1.48. The van der Waals surface area contributed by atoms with Crippen LogP contribution in [-0.4, -0.2) is 34.4 Å². The van der Waals surface area contributed by atoms with Crippen molar-refractivity contribution in [2.45, 2.75) is 6.42 Å². The molecule has 1 heterocycles. The highest BCUT2D eigenvalue weighted by Gasteiger charge is 2.11. The highest BCUT2D eigenvalue weighted by atomic mass is 16.5. The average Bonchev–Trinajstić information content (AvgIpc) is 3.07. The monoisotopic (exact) mass is 415 g/mol. The van der Waals surface area contributed by atoms with Gasteiger partial charge in [-0.15, -0.1) is 0 Å². The number of hydrogen-bond acceptors (Lipinski definition) is 5. The molecule has 0 atom stereocenters. The molecule has 0 saturated heterocycles. The quantitative estimate of drug-likeness (QED) is 0.355. The average molecular weight is 415 g/mol. The van der Waals surface area contributed by atoms with Crippen LogP contribution in [0.4, 0.5) is 5.69 Å². The maximum Gasteiger partial charge on any atom is 0.248 e. The predicted molar refractivity (Wildman–Crippen MR) is 120 cm³/mol. The van der Waals surface area contributed by atoms with Crippen LogP contribution in [0, 0.1) is 0 Å². The van der Waals surface area contributed by atoms with E-state index in [2.05, 4.69) is 9.98 Å². The fraction of sp³-hybridized carbons (Fsp3) is 0.0833. The van der Waals surface area contributed by atoms with Gasteiger partial charge in [-0.3, -0.25) is 9.79 Å². The Labute approximate surface area is 178 Å². The topological polar surface area (TPSA) is 121 Å². The minimum absolute atomic E-state index is 0.00932. The van der Waals surface area contributed by atoms with Crippen molar-refractivity contribution in [1.29, 1.82) is 0 Å². The number of methoxy groups -OCH3 is 1. The van der Waals surface area contributed by atoms with Gasteiger partial charge in [0.2, 0.25) is 5.91 Å². The summed E-state index contributed by atoms with van der Waals surface area (Å²) >= 11 is 0. The van der Waals surface area contributed by atoms with Crippen molar-refractivity contribution >= 4 is 28.7 Å². The molecule has 0 unspecified atom stereocenters. The number of aromatic hydroxyl groups is 2. The minimum atomic E-state index is -0.454. The van der Waals surface area contributed by atoms with E-state index in [4.69, 9.17) is 10.5 Å². The molecule has 0 radical (unpaired) electrons. The van der Waals surface area contributed by atoms with Crippen LogP contribution in [0.1, 0.15) is 27.0 Å². The van der Waals surface area contributed by atoms with Crippen LogP contribution in [0.15, 0.2) is 65.7 Å². The molecular formula is C24H21N3O4. The number of nitrogens with two attached hydrogens (primary N) is 1. The maximum atomic E-state index is 11.2. The van der Waals surface area contributed by atoms with Crippen molar-refractivity contribution in [3.05, 3.63) is 82.9 Å². The first kappa shape index (κ1) is 20.0. The summed E-state index contributed by atoms with van der Waals surface area (Å²) in [4.78, 5) is 18.6. The van der Waals surface area contributed by atoms with E-state index in [1.807, 2.05) is 30.3 Å². The van der Waals surface area contributed by atoms with E-state index in [1.165, 1.54) is 13.2 Å². The normalized spacial score (nSPS) is 11.3. The van der Waals surface area contributed by atoms with Crippen molar-refractivity contribution < 1.29 is 19.7 Å². The van der Waals surface area contributed by atoms with Gasteiger partial charge in [0.1, 0.15) is 0 Å². The van der Waals surface area contributed by atoms with E-state index < -0.39 is 5.91 Å². The molecule has 31 heavy (non-hydrogen) atoms. The number of phenolic OH excluding ortho intramolecular Hbond substituents is 1. The number of H-pyrrole nitrogens is 1. The van der Waals surface area contributed by atoms with Gasteiger partial charge in [0.05, 0.1) is 18.4 Å². The maximum absolute atomic E-state index is 11.2. The number of primary amides is 1.